The quantitative estimate of drug-likeness (QED) is 0.545. The first-order chi connectivity index (χ1) is 13.5. The molecule has 0 spiro atoms. The number of fused-ring (bicyclic) bond motifs is 2. The van der Waals surface area contributed by atoms with Crippen LogP contribution in [0.2, 0.25) is 0 Å². The Morgan fingerprint density at radius 2 is 2.00 bits per heavy atom. The van der Waals surface area contributed by atoms with E-state index in [9.17, 15) is 4.79 Å². The summed E-state index contributed by atoms with van der Waals surface area (Å²) in [5.41, 5.74) is 2.92. The van der Waals surface area contributed by atoms with Gasteiger partial charge in [-0.2, -0.15) is 0 Å². The third-order valence-corrected chi connectivity index (χ3v) is 5.84. The molecule has 4 rings (SSSR count). The molecule has 0 aliphatic carbocycles. The van der Waals surface area contributed by atoms with Gasteiger partial charge in [-0.3, -0.25) is 9.69 Å². The van der Waals surface area contributed by atoms with E-state index >= 15 is 0 Å². The molecule has 5 nitrogen and oxygen atoms in total. The lowest BCUT2D eigenvalue weighted by molar-refractivity contribution is -0.856. The number of hydrogen-bond acceptors (Lipinski definition) is 4. The van der Waals surface area contributed by atoms with Crippen LogP contribution in [0.4, 0.5) is 5.13 Å². The third kappa shape index (κ3) is 3.66. The molecule has 6 heteroatoms. The van der Waals surface area contributed by atoms with Crippen LogP contribution in [-0.4, -0.2) is 38.1 Å². The first-order valence-electron chi connectivity index (χ1n) is 9.54. The molecule has 0 aliphatic rings. The highest BCUT2D eigenvalue weighted by molar-refractivity contribution is 7.22. The van der Waals surface area contributed by atoms with Gasteiger partial charge in [0.1, 0.15) is 5.58 Å². The topological polar surface area (TPSA) is 50.8 Å². The number of nitrogens with zero attached hydrogens (tertiary/aromatic N) is 2. The average molecular weight is 395 g/mol. The minimum Gasteiger partial charge on any atom is -0.451 e. The molecular formula is C22H24N3O2S+. The molecular weight excluding hydrogens is 370 g/mol. The zero-order valence-corrected chi connectivity index (χ0v) is 17.2. The second kappa shape index (κ2) is 7.73. The number of thiazole rings is 1. The molecule has 2 aromatic heterocycles. The van der Waals surface area contributed by atoms with Gasteiger partial charge in [0.2, 0.25) is 0 Å². The number of quaternary nitrogens is 1. The molecule has 2 heterocycles. The molecule has 1 amide bonds. The number of amides is 1. The summed E-state index contributed by atoms with van der Waals surface area (Å²) < 4.78 is 6.93. The Kier molecular flexibility index (Phi) is 5.15. The number of aromatic nitrogens is 1. The summed E-state index contributed by atoms with van der Waals surface area (Å²) in [6.07, 6.45) is 0.981. The minimum absolute atomic E-state index is 0.146. The van der Waals surface area contributed by atoms with Gasteiger partial charge >= 0.3 is 0 Å². The fraction of sp³-hybridized carbons (Fsp3) is 0.273. The van der Waals surface area contributed by atoms with Gasteiger partial charge in [-0.25, -0.2) is 4.98 Å². The van der Waals surface area contributed by atoms with E-state index in [4.69, 9.17) is 9.40 Å². The number of carbonyl (C=O) groups excluding carboxylic acids is 1. The lowest BCUT2D eigenvalue weighted by Crippen LogP contribution is -3.06. The van der Waals surface area contributed by atoms with Crippen molar-refractivity contribution in [3.8, 4) is 0 Å². The maximum absolute atomic E-state index is 13.3. The van der Waals surface area contributed by atoms with E-state index in [0.29, 0.717) is 12.3 Å². The fourth-order valence-corrected chi connectivity index (χ4v) is 4.19. The molecule has 0 saturated heterocycles. The molecule has 0 atom stereocenters. The minimum atomic E-state index is -0.146. The van der Waals surface area contributed by atoms with Crippen molar-refractivity contribution in [3.05, 3.63) is 59.9 Å². The normalized spacial score (nSPS) is 11.6. The predicted octanol–water partition coefficient (Wildman–Crippen LogP) is 3.40. The van der Waals surface area contributed by atoms with Gasteiger partial charge in [-0.1, -0.05) is 42.5 Å². The number of aryl methyl sites for hydroxylation is 1. The van der Waals surface area contributed by atoms with Crippen LogP contribution in [0.25, 0.3) is 21.2 Å². The van der Waals surface area contributed by atoms with Crippen LogP contribution < -0.4 is 9.80 Å². The summed E-state index contributed by atoms with van der Waals surface area (Å²) in [6, 6.07) is 15.8. The van der Waals surface area contributed by atoms with Gasteiger partial charge in [0.05, 0.1) is 37.4 Å². The Balaban J connectivity index is 1.72. The molecule has 4 aromatic rings. The molecule has 28 heavy (non-hydrogen) atoms. The Morgan fingerprint density at radius 1 is 1.18 bits per heavy atom. The number of para-hydroxylation sites is 1. The lowest BCUT2D eigenvalue weighted by atomic mass is 10.2. The Hall–Kier alpha value is -2.70. The molecule has 0 radical (unpaired) electrons. The van der Waals surface area contributed by atoms with Gasteiger partial charge in [0.25, 0.3) is 5.91 Å². The van der Waals surface area contributed by atoms with Crippen molar-refractivity contribution >= 4 is 43.6 Å². The third-order valence-electron chi connectivity index (χ3n) is 4.80. The lowest BCUT2D eigenvalue weighted by Gasteiger charge is -2.19. The summed E-state index contributed by atoms with van der Waals surface area (Å²) in [7, 11) is 4.16. The summed E-state index contributed by atoms with van der Waals surface area (Å²) >= 11 is 1.56. The maximum atomic E-state index is 13.3. The first-order valence-corrected chi connectivity index (χ1v) is 10.4. The van der Waals surface area contributed by atoms with Crippen LogP contribution in [0.1, 0.15) is 23.0 Å². The van der Waals surface area contributed by atoms with Crippen LogP contribution in [0.5, 0.6) is 0 Å². The molecule has 0 fully saturated rings. The van der Waals surface area contributed by atoms with Crippen molar-refractivity contribution in [3.63, 3.8) is 0 Å². The van der Waals surface area contributed by atoms with E-state index < -0.39 is 0 Å². The number of hydrogen-bond donors (Lipinski definition) is 1. The Morgan fingerprint density at radius 3 is 2.75 bits per heavy atom. The van der Waals surface area contributed by atoms with Crippen molar-refractivity contribution in [1.82, 2.24) is 4.98 Å². The van der Waals surface area contributed by atoms with Crippen molar-refractivity contribution in [2.75, 3.05) is 32.1 Å². The highest BCUT2D eigenvalue weighted by Gasteiger charge is 2.25. The summed E-state index contributed by atoms with van der Waals surface area (Å²) in [5.74, 6) is 0.204. The van der Waals surface area contributed by atoms with Crippen molar-refractivity contribution in [2.24, 2.45) is 0 Å². The van der Waals surface area contributed by atoms with Crippen LogP contribution >= 0.6 is 11.3 Å². The molecule has 144 valence electrons. The molecule has 0 aliphatic heterocycles. The van der Waals surface area contributed by atoms with Crippen molar-refractivity contribution < 1.29 is 14.1 Å². The van der Waals surface area contributed by atoms with Crippen molar-refractivity contribution in [1.29, 1.82) is 0 Å². The van der Waals surface area contributed by atoms with E-state index in [-0.39, 0.29) is 5.91 Å². The molecule has 0 unspecified atom stereocenters. The van der Waals surface area contributed by atoms with Gasteiger partial charge in [0, 0.05) is 5.39 Å². The summed E-state index contributed by atoms with van der Waals surface area (Å²) in [4.78, 5) is 21.1. The number of likely N-dealkylation sites (N-methyl/N-ethyl adjacent to an activating group) is 1. The zero-order valence-electron chi connectivity index (χ0n) is 16.4. The largest absolute Gasteiger partial charge is 0.451 e. The summed E-state index contributed by atoms with van der Waals surface area (Å²) in [6.45, 7) is 3.54. The second-order valence-corrected chi connectivity index (χ2v) is 8.22. The Bertz CT molecular complexity index is 1100. The van der Waals surface area contributed by atoms with E-state index in [2.05, 4.69) is 33.2 Å². The maximum Gasteiger partial charge on any atom is 0.296 e. The highest BCUT2D eigenvalue weighted by atomic mass is 32.1. The number of carbonyl (C=O) groups is 1. The number of furan rings is 1. The van der Waals surface area contributed by atoms with Gasteiger partial charge < -0.3 is 9.32 Å². The zero-order chi connectivity index (χ0) is 19.7. The summed E-state index contributed by atoms with van der Waals surface area (Å²) in [5, 5.41) is 1.65. The van der Waals surface area contributed by atoms with Gasteiger partial charge in [0.15, 0.2) is 10.9 Å². The average Bonchev–Trinajstić information content (AvgIpc) is 3.31. The SMILES string of the molecule is CCc1ccc2nc(N(CC[NH+](C)C)C(=O)c3cc4ccccc4o3)sc2c1. The Labute approximate surface area is 168 Å². The molecule has 1 N–H and O–H groups in total. The molecule has 0 bridgehead atoms. The number of nitrogens with one attached hydrogen (secondary N) is 1. The van der Waals surface area contributed by atoms with E-state index in [0.717, 1.165) is 39.3 Å². The predicted molar refractivity (Wildman–Crippen MR) is 115 cm³/mol. The monoisotopic (exact) mass is 394 g/mol. The van der Waals surface area contributed by atoms with E-state index in [1.54, 1.807) is 16.2 Å². The number of rotatable bonds is 6. The van der Waals surface area contributed by atoms with Crippen LogP contribution in [-0.2, 0) is 6.42 Å². The van der Waals surface area contributed by atoms with Gasteiger partial charge in [-0.05, 0) is 36.2 Å². The standard InChI is InChI=1S/C22H23N3O2S/c1-4-15-9-10-17-20(13-15)28-22(23-17)25(12-11-24(2)3)21(26)19-14-16-7-5-6-8-18(16)27-19/h5-10,13-14H,4,11-12H2,1-3H3/p+1. The van der Waals surface area contributed by atoms with Gasteiger partial charge in [-0.15, -0.1) is 0 Å². The molecule has 2 aromatic carbocycles. The first kappa shape index (κ1) is 18.7. The van der Waals surface area contributed by atoms with E-state index in [1.165, 1.54) is 10.5 Å². The number of benzene rings is 2. The van der Waals surface area contributed by atoms with Crippen LogP contribution in [0.15, 0.2) is 52.9 Å². The number of anilines is 1. The second-order valence-electron chi connectivity index (χ2n) is 7.21. The van der Waals surface area contributed by atoms with Crippen LogP contribution in [0, 0.1) is 0 Å². The fourth-order valence-electron chi connectivity index (χ4n) is 3.13. The van der Waals surface area contributed by atoms with Crippen LogP contribution in [0.3, 0.4) is 0 Å². The molecule has 0 saturated carbocycles. The van der Waals surface area contributed by atoms with E-state index in [1.807, 2.05) is 36.4 Å². The highest BCUT2D eigenvalue weighted by Crippen LogP contribution is 2.31. The van der Waals surface area contributed by atoms with Crippen molar-refractivity contribution in [2.45, 2.75) is 13.3 Å². The smallest absolute Gasteiger partial charge is 0.296 e.